The van der Waals surface area contributed by atoms with E-state index in [0.717, 1.165) is 69.8 Å². The van der Waals surface area contributed by atoms with Crippen LogP contribution in [-0.4, -0.2) is 71.0 Å². The number of aromatic nitrogens is 2. The molecule has 0 radical (unpaired) electrons. The van der Waals surface area contributed by atoms with Crippen LogP contribution in [0.2, 0.25) is 0 Å². The molecular weight excluding hydrogens is 446 g/mol. The van der Waals surface area contributed by atoms with Crippen molar-refractivity contribution >= 4 is 11.9 Å². The molecule has 2 aromatic rings. The van der Waals surface area contributed by atoms with Gasteiger partial charge in [0.2, 0.25) is 11.9 Å². The molecule has 36 heavy (non-hydrogen) atoms. The molecule has 6 heteroatoms. The van der Waals surface area contributed by atoms with Crippen molar-refractivity contribution < 1.29 is 4.79 Å². The summed E-state index contributed by atoms with van der Waals surface area (Å²) in [7, 11) is 0. The molecule has 0 bridgehead atoms. The highest BCUT2D eigenvalue weighted by atomic mass is 16.2. The van der Waals surface area contributed by atoms with Crippen LogP contribution in [0.4, 0.5) is 5.95 Å². The van der Waals surface area contributed by atoms with Gasteiger partial charge in [-0.25, -0.2) is 9.97 Å². The summed E-state index contributed by atoms with van der Waals surface area (Å²) in [5.74, 6) is 1.65. The molecule has 6 nitrogen and oxygen atoms in total. The summed E-state index contributed by atoms with van der Waals surface area (Å²) in [6.45, 7) is 5.80. The lowest BCUT2D eigenvalue weighted by molar-refractivity contribution is -0.134. The largest absolute Gasteiger partial charge is 0.341 e. The minimum atomic E-state index is -0.0127. The molecule has 0 N–H and O–H groups in total. The van der Waals surface area contributed by atoms with Gasteiger partial charge in [0.25, 0.3) is 0 Å². The predicted octanol–water partition coefficient (Wildman–Crippen LogP) is 4.44. The second-order valence-corrected chi connectivity index (χ2v) is 11.4. The molecule has 192 valence electrons. The van der Waals surface area contributed by atoms with Crippen molar-refractivity contribution in [2.75, 3.05) is 44.2 Å². The van der Waals surface area contributed by atoms with E-state index >= 15 is 0 Å². The molecule has 1 aromatic heterocycles. The van der Waals surface area contributed by atoms with E-state index in [1.165, 1.54) is 62.5 Å². The summed E-state index contributed by atoms with van der Waals surface area (Å²) in [5.41, 5.74) is 3.56. The minimum absolute atomic E-state index is 0.0127. The zero-order valence-corrected chi connectivity index (χ0v) is 21.7. The first-order valence-corrected chi connectivity index (χ1v) is 14.4. The zero-order valence-electron chi connectivity index (χ0n) is 21.7. The molecule has 1 aromatic carbocycles. The van der Waals surface area contributed by atoms with E-state index in [4.69, 9.17) is 9.97 Å². The number of hydrogen-bond acceptors (Lipinski definition) is 5. The number of anilines is 1. The van der Waals surface area contributed by atoms with Crippen LogP contribution in [0.5, 0.6) is 0 Å². The van der Waals surface area contributed by atoms with E-state index in [2.05, 4.69) is 45.0 Å². The lowest BCUT2D eigenvalue weighted by Crippen LogP contribution is -2.52. The number of rotatable bonds is 5. The Bertz CT molecular complexity index is 1020. The van der Waals surface area contributed by atoms with E-state index in [9.17, 15) is 4.79 Å². The predicted molar refractivity (Wildman–Crippen MR) is 143 cm³/mol. The van der Waals surface area contributed by atoms with Crippen LogP contribution in [0.3, 0.4) is 0 Å². The van der Waals surface area contributed by atoms with Gasteiger partial charge in [0.05, 0.1) is 11.6 Å². The number of carbonyl (C=O) groups excluding carboxylic acids is 1. The van der Waals surface area contributed by atoms with Crippen molar-refractivity contribution in [3.05, 3.63) is 53.3 Å². The van der Waals surface area contributed by atoms with E-state index in [-0.39, 0.29) is 5.92 Å². The van der Waals surface area contributed by atoms with Gasteiger partial charge in [-0.05, 0) is 49.1 Å². The van der Waals surface area contributed by atoms with Crippen molar-refractivity contribution in [1.29, 1.82) is 0 Å². The molecule has 2 aliphatic heterocycles. The molecule has 1 amide bonds. The van der Waals surface area contributed by atoms with E-state index in [1.54, 1.807) is 0 Å². The monoisotopic (exact) mass is 487 g/mol. The summed E-state index contributed by atoms with van der Waals surface area (Å²) in [4.78, 5) is 31.0. The highest BCUT2D eigenvalue weighted by Gasteiger charge is 2.35. The summed E-state index contributed by atoms with van der Waals surface area (Å²) < 4.78 is 0. The van der Waals surface area contributed by atoms with Crippen molar-refractivity contribution in [3.63, 3.8) is 0 Å². The van der Waals surface area contributed by atoms with Crippen LogP contribution >= 0.6 is 0 Å². The molecule has 3 heterocycles. The SMILES string of the molecule is O=C(C(c1ccccc1)C1CCCCC1)N1CCc2cnc(N3CCN(C4CCC4)CC3)nc2CC1. The fourth-order valence-electron chi connectivity index (χ4n) is 6.82. The Morgan fingerprint density at radius 2 is 1.58 bits per heavy atom. The molecule has 4 aliphatic rings. The number of hydrogen-bond donors (Lipinski definition) is 0. The maximum Gasteiger partial charge on any atom is 0.230 e. The maximum absolute atomic E-state index is 14.0. The molecule has 0 spiro atoms. The van der Waals surface area contributed by atoms with Crippen molar-refractivity contribution in [2.45, 2.75) is 76.2 Å². The highest BCUT2D eigenvalue weighted by Crippen LogP contribution is 2.37. The number of nitrogens with zero attached hydrogens (tertiary/aromatic N) is 5. The molecular formula is C30H41N5O. The first-order valence-electron chi connectivity index (χ1n) is 14.4. The van der Waals surface area contributed by atoms with Gasteiger partial charge >= 0.3 is 0 Å². The molecule has 1 unspecified atom stereocenters. The number of amides is 1. The standard InChI is InChI=1S/C30H41N5O/c36-29(28(23-8-3-1-4-9-23)24-10-5-2-6-11-24)34-16-14-25-22-31-30(32-27(25)15-17-34)35-20-18-33(19-21-35)26-12-7-13-26/h1,3-4,8-9,22,24,26,28H,2,5-7,10-21H2. The second-order valence-electron chi connectivity index (χ2n) is 11.4. The Hall–Kier alpha value is -2.47. The Morgan fingerprint density at radius 3 is 2.31 bits per heavy atom. The van der Waals surface area contributed by atoms with E-state index < -0.39 is 0 Å². The highest BCUT2D eigenvalue weighted by molar-refractivity contribution is 5.84. The first kappa shape index (κ1) is 23.9. The van der Waals surface area contributed by atoms with Gasteiger partial charge in [0.15, 0.2) is 0 Å². The van der Waals surface area contributed by atoms with Crippen LogP contribution in [0, 0.1) is 5.92 Å². The second kappa shape index (κ2) is 10.9. The summed E-state index contributed by atoms with van der Waals surface area (Å²) >= 11 is 0. The number of benzene rings is 1. The third-order valence-corrected chi connectivity index (χ3v) is 9.26. The molecule has 3 fully saturated rings. The van der Waals surface area contributed by atoms with Crippen molar-refractivity contribution in [3.8, 4) is 0 Å². The normalized spacial score (nSPS) is 23.0. The van der Waals surface area contributed by atoms with Crippen molar-refractivity contribution in [1.82, 2.24) is 19.8 Å². The van der Waals surface area contributed by atoms with Crippen LogP contribution in [0.25, 0.3) is 0 Å². The Balaban J connectivity index is 1.13. The van der Waals surface area contributed by atoms with E-state index in [0.29, 0.717) is 11.8 Å². The van der Waals surface area contributed by atoms with Crippen LogP contribution in [-0.2, 0) is 17.6 Å². The van der Waals surface area contributed by atoms with Gasteiger partial charge in [-0.3, -0.25) is 9.69 Å². The molecule has 2 aliphatic carbocycles. The smallest absolute Gasteiger partial charge is 0.230 e. The lowest BCUT2D eigenvalue weighted by Gasteiger charge is -2.43. The summed E-state index contributed by atoms with van der Waals surface area (Å²) in [6.07, 6.45) is 14.0. The van der Waals surface area contributed by atoms with Gasteiger partial charge in [-0.2, -0.15) is 0 Å². The van der Waals surface area contributed by atoms with Crippen LogP contribution < -0.4 is 4.90 Å². The number of fused-ring (bicyclic) bond motifs is 1. The summed E-state index contributed by atoms with van der Waals surface area (Å²) in [5, 5.41) is 0. The molecule has 2 saturated carbocycles. The van der Waals surface area contributed by atoms with Gasteiger partial charge in [0, 0.05) is 57.9 Å². The average molecular weight is 488 g/mol. The van der Waals surface area contributed by atoms with Crippen LogP contribution in [0.1, 0.15) is 74.1 Å². The minimum Gasteiger partial charge on any atom is -0.341 e. The zero-order chi connectivity index (χ0) is 24.3. The fraction of sp³-hybridized carbons (Fsp3) is 0.633. The Morgan fingerprint density at radius 1 is 0.833 bits per heavy atom. The van der Waals surface area contributed by atoms with Gasteiger partial charge in [-0.1, -0.05) is 56.0 Å². The van der Waals surface area contributed by atoms with Crippen molar-refractivity contribution in [2.24, 2.45) is 5.92 Å². The van der Waals surface area contributed by atoms with E-state index in [1.807, 2.05) is 6.20 Å². The average Bonchev–Trinajstić information content (AvgIpc) is 3.12. The Kier molecular flexibility index (Phi) is 7.22. The third-order valence-electron chi connectivity index (χ3n) is 9.26. The topological polar surface area (TPSA) is 52.6 Å². The maximum atomic E-state index is 14.0. The molecule has 6 rings (SSSR count). The van der Waals surface area contributed by atoms with Gasteiger partial charge < -0.3 is 9.80 Å². The third kappa shape index (κ3) is 5.02. The molecule has 1 saturated heterocycles. The van der Waals surface area contributed by atoms with Gasteiger partial charge in [-0.15, -0.1) is 0 Å². The first-order chi connectivity index (χ1) is 17.8. The van der Waals surface area contributed by atoms with Crippen LogP contribution in [0.15, 0.2) is 36.5 Å². The fourth-order valence-corrected chi connectivity index (χ4v) is 6.82. The number of piperazine rings is 1. The molecule has 1 atom stereocenters. The quantitative estimate of drug-likeness (QED) is 0.624. The summed E-state index contributed by atoms with van der Waals surface area (Å²) in [6, 6.07) is 11.4. The Labute approximate surface area is 216 Å². The number of carbonyl (C=O) groups is 1. The van der Waals surface area contributed by atoms with Gasteiger partial charge in [0.1, 0.15) is 0 Å². The lowest BCUT2D eigenvalue weighted by atomic mass is 9.76.